The molecule has 0 unspecified atom stereocenters. The van der Waals surface area contributed by atoms with E-state index in [4.69, 9.17) is 4.74 Å². The van der Waals surface area contributed by atoms with Crippen molar-refractivity contribution < 1.29 is 4.74 Å². The van der Waals surface area contributed by atoms with Gasteiger partial charge in [-0.2, -0.15) is 0 Å². The number of allylic oxidation sites excluding steroid dienone is 1. The monoisotopic (exact) mass is 179 g/mol. The molecule has 1 heteroatoms. The summed E-state index contributed by atoms with van der Waals surface area (Å²) in [6, 6.07) is 0. The van der Waals surface area contributed by atoms with E-state index >= 15 is 0 Å². The van der Waals surface area contributed by atoms with Crippen LogP contribution < -0.4 is 0 Å². The Morgan fingerprint density at radius 2 is 2.00 bits per heavy atom. The highest BCUT2D eigenvalue weighted by Gasteiger charge is 2.07. The molecule has 0 spiro atoms. The molecule has 0 saturated heterocycles. The molecule has 0 atom stereocenters. The zero-order valence-corrected chi connectivity index (χ0v) is 9.11. The lowest BCUT2D eigenvalue weighted by atomic mass is 10.2. The van der Waals surface area contributed by atoms with Crippen LogP contribution in [0.25, 0.3) is 0 Å². The first-order chi connectivity index (χ1) is 6.06. The molecular weight excluding hydrogens is 160 g/mol. The molecule has 1 nitrogen and oxygen atoms in total. The summed E-state index contributed by atoms with van der Waals surface area (Å²) in [5.41, 5.74) is -0.165. The van der Waals surface area contributed by atoms with Crippen molar-refractivity contribution in [3.8, 4) is 11.8 Å². The van der Waals surface area contributed by atoms with Crippen LogP contribution >= 0.6 is 0 Å². The van der Waals surface area contributed by atoms with Gasteiger partial charge in [0.2, 0.25) is 0 Å². The van der Waals surface area contributed by atoms with E-state index in [2.05, 4.69) is 25.0 Å². The number of hydrogen-bond donors (Lipinski definition) is 0. The molecule has 13 heavy (non-hydrogen) atoms. The van der Waals surface area contributed by atoms with Crippen LogP contribution in [0.1, 0.15) is 47.0 Å². The second kappa shape index (κ2) is 6.60. The predicted octanol–water partition coefficient (Wildman–Crippen LogP) is 3.31. The summed E-state index contributed by atoms with van der Waals surface area (Å²) >= 11 is 0. The quantitative estimate of drug-likeness (QED) is 0.367. The Morgan fingerprint density at radius 3 is 2.54 bits per heavy atom. The highest BCUT2D eigenvalue weighted by atomic mass is 16.5. The number of unbranched alkanes of at least 4 members (excludes halogenated alkanes) is 2. The minimum atomic E-state index is -0.165. The fraction of sp³-hybridized carbons (Fsp3) is 0.667. The van der Waals surface area contributed by atoms with Crippen LogP contribution in [0.2, 0.25) is 0 Å². The Hall–Kier alpha value is -0.900. The molecule has 0 aliphatic rings. The van der Waals surface area contributed by atoms with Crippen LogP contribution in [0.15, 0.2) is 6.08 Å². The van der Waals surface area contributed by atoms with E-state index in [1.165, 1.54) is 12.8 Å². The summed E-state index contributed by atoms with van der Waals surface area (Å²) in [4.78, 5) is 0. The molecule has 73 valence electrons. The zero-order chi connectivity index (χ0) is 10.2. The molecular formula is C12H19O. The summed E-state index contributed by atoms with van der Waals surface area (Å²) in [5, 5.41) is 0. The first kappa shape index (κ1) is 12.1. The zero-order valence-electron chi connectivity index (χ0n) is 9.11. The maximum Gasteiger partial charge on any atom is 0.170 e. The van der Waals surface area contributed by atoms with Crippen molar-refractivity contribution in [1.29, 1.82) is 0 Å². The van der Waals surface area contributed by atoms with Gasteiger partial charge in [-0.1, -0.05) is 25.2 Å². The Balaban J connectivity index is 3.55. The van der Waals surface area contributed by atoms with Gasteiger partial charge in [0.15, 0.2) is 6.26 Å². The predicted molar refractivity (Wildman–Crippen MR) is 56.0 cm³/mol. The van der Waals surface area contributed by atoms with E-state index in [0.717, 1.165) is 6.42 Å². The van der Waals surface area contributed by atoms with Gasteiger partial charge in [-0.25, -0.2) is 0 Å². The molecule has 0 amide bonds. The van der Waals surface area contributed by atoms with E-state index in [1.54, 1.807) is 6.08 Å². The number of rotatable bonds is 3. The average molecular weight is 179 g/mol. The maximum absolute atomic E-state index is 5.23. The normalized spacial score (nSPS) is 11.1. The van der Waals surface area contributed by atoms with Gasteiger partial charge in [0.25, 0.3) is 0 Å². The van der Waals surface area contributed by atoms with E-state index in [-0.39, 0.29) is 5.60 Å². The lowest BCUT2D eigenvalue weighted by Gasteiger charge is -2.15. The second-order valence-corrected chi connectivity index (χ2v) is 3.90. The lowest BCUT2D eigenvalue weighted by molar-refractivity contribution is 0.0620. The van der Waals surface area contributed by atoms with Gasteiger partial charge < -0.3 is 4.74 Å². The SMILES string of the molecule is CCCCC#C/C=[C]\OC(C)(C)C. The van der Waals surface area contributed by atoms with Crippen molar-refractivity contribution >= 4 is 0 Å². The van der Waals surface area contributed by atoms with E-state index in [0.29, 0.717) is 0 Å². The number of ether oxygens (including phenoxy) is 1. The van der Waals surface area contributed by atoms with Crippen LogP contribution in [-0.4, -0.2) is 5.60 Å². The van der Waals surface area contributed by atoms with Gasteiger partial charge in [0.05, 0.1) is 0 Å². The molecule has 0 aromatic rings. The molecule has 0 aromatic heterocycles. The third kappa shape index (κ3) is 11.1. The molecule has 0 aliphatic heterocycles. The van der Waals surface area contributed by atoms with Crippen LogP contribution in [0.3, 0.4) is 0 Å². The maximum atomic E-state index is 5.23. The van der Waals surface area contributed by atoms with Crippen molar-refractivity contribution in [2.45, 2.75) is 52.6 Å². The van der Waals surface area contributed by atoms with Crippen LogP contribution in [0, 0.1) is 18.1 Å². The Labute approximate surface area is 82.2 Å². The Kier molecular flexibility index (Phi) is 6.14. The van der Waals surface area contributed by atoms with Crippen molar-refractivity contribution in [2.24, 2.45) is 0 Å². The third-order valence-electron chi connectivity index (χ3n) is 1.25. The fourth-order valence-electron chi connectivity index (χ4n) is 0.624. The molecule has 0 aromatic carbocycles. The topological polar surface area (TPSA) is 9.23 Å². The van der Waals surface area contributed by atoms with Gasteiger partial charge in [-0.3, -0.25) is 0 Å². The second-order valence-electron chi connectivity index (χ2n) is 3.90. The first-order valence-electron chi connectivity index (χ1n) is 4.80. The fourth-order valence-corrected chi connectivity index (χ4v) is 0.624. The van der Waals surface area contributed by atoms with Crippen LogP contribution in [-0.2, 0) is 4.74 Å². The first-order valence-corrected chi connectivity index (χ1v) is 4.80. The highest BCUT2D eigenvalue weighted by molar-refractivity contribution is 5.11. The van der Waals surface area contributed by atoms with Gasteiger partial charge in [-0.15, -0.1) is 0 Å². The summed E-state index contributed by atoms with van der Waals surface area (Å²) in [6.07, 6.45) is 7.67. The average Bonchev–Trinajstić information content (AvgIpc) is 2.01. The van der Waals surface area contributed by atoms with E-state index in [1.807, 2.05) is 20.8 Å². The molecule has 0 aliphatic carbocycles. The molecule has 0 heterocycles. The Bertz CT molecular complexity index is 197. The van der Waals surface area contributed by atoms with Crippen molar-refractivity contribution in [3.63, 3.8) is 0 Å². The Morgan fingerprint density at radius 1 is 1.31 bits per heavy atom. The lowest BCUT2D eigenvalue weighted by Crippen LogP contribution is -2.15. The summed E-state index contributed by atoms with van der Waals surface area (Å²) < 4.78 is 5.23. The van der Waals surface area contributed by atoms with Gasteiger partial charge in [-0.05, 0) is 27.2 Å². The summed E-state index contributed by atoms with van der Waals surface area (Å²) in [7, 11) is 0. The van der Waals surface area contributed by atoms with Crippen molar-refractivity contribution in [2.75, 3.05) is 0 Å². The standard InChI is InChI=1S/C12H19O/c1-5-6-7-8-9-10-11-13-12(2,3)4/h10H,5-7H2,1-4H3. The smallest absolute Gasteiger partial charge is 0.170 e. The van der Waals surface area contributed by atoms with E-state index < -0.39 is 0 Å². The molecule has 1 radical (unpaired) electrons. The molecule has 0 fully saturated rings. The van der Waals surface area contributed by atoms with Gasteiger partial charge in [0.1, 0.15) is 5.60 Å². The molecule has 0 bridgehead atoms. The summed E-state index contributed by atoms with van der Waals surface area (Å²) in [5.74, 6) is 5.91. The number of hydrogen-bond acceptors (Lipinski definition) is 1. The van der Waals surface area contributed by atoms with Crippen molar-refractivity contribution in [1.82, 2.24) is 0 Å². The highest BCUT2D eigenvalue weighted by Crippen LogP contribution is 2.05. The van der Waals surface area contributed by atoms with Crippen LogP contribution in [0.4, 0.5) is 0 Å². The van der Waals surface area contributed by atoms with Gasteiger partial charge >= 0.3 is 0 Å². The summed E-state index contributed by atoms with van der Waals surface area (Å²) in [6.45, 7) is 8.11. The van der Waals surface area contributed by atoms with E-state index in [9.17, 15) is 0 Å². The minimum absolute atomic E-state index is 0.165. The van der Waals surface area contributed by atoms with Crippen molar-refractivity contribution in [3.05, 3.63) is 12.3 Å². The molecule has 0 N–H and O–H groups in total. The minimum Gasteiger partial charge on any atom is -0.484 e. The largest absolute Gasteiger partial charge is 0.484 e. The van der Waals surface area contributed by atoms with Crippen LogP contribution in [0.5, 0.6) is 0 Å². The molecule has 0 rings (SSSR count). The molecule has 0 saturated carbocycles. The van der Waals surface area contributed by atoms with Gasteiger partial charge in [0, 0.05) is 12.5 Å². The third-order valence-corrected chi connectivity index (χ3v) is 1.25.